The van der Waals surface area contributed by atoms with Gasteiger partial charge in [-0.05, 0) is 38.8 Å². The predicted molar refractivity (Wildman–Crippen MR) is 90.0 cm³/mol. The maximum absolute atomic E-state index is 6.32. The van der Waals surface area contributed by atoms with E-state index >= 15 is 0 Å². The van der Waals surface area contributed by atoms with Crippen molar-refractivity contribution < 1.29 is 4.74 Å². The molecule has 21 heavy (non-hydrogen) atoms. The van der Waals surface area contributed by atoms with Gasteiger partial charge in [0.1, 0.15) is 10.8 Å². The van der Waals surface area contributed by atoms with E-state index in [-0.39, 0.29) is 5.54 Å². The smallest absolute Gasteiger partial charge is 0.129 e. The van der Waals surface area contributed by atoms with Crippen LogP contribution in [0.4, 0.5) is 0 Å². The Morgan fingerprint density at radius 2 is 1.95 bits per heavy atom. The highest BCUT2D eigenvalue weighted by Crippen LogP contribution is 2.39. The maximum atomic E-state index is 6.32. The van der Waals surface area contributed by atoms with Gasteiger partial charge in [-0.2, -0.15) is 0 Å². The van der Waals surface area contributed by atoms with Gasteiger partial charge in [-0.1, -0.05) is 26.0 Å². The zero-order valence-electron chi connectivity index (χ0n) is 13.4. The largest absolute Gasteiger partial charge is 0.493 e. The summed E-state index contributed by atoms with van der Waals surface area (Å²) in [4.78, 5) is 6.00. The lowest BCUT2D eigenvalue weighted by Crippen LogP contribution is -2.28. The SMILES string of the molecule is CCOc1ccccc1-c1nc(C(C)C)c(C(C)(C)N)s1. The predicted octanol–water partition coefficient (Wildman–Crippen LogP) is 4.53. The van der Waals surface area contributed by atoms with E-state index in [1.807, 2.05) is 39.0 Å². The maximum Gasteiger partial charge on any atom is 0.129 e. The van der Waals surface area contributed by atoms with Gasteiger partial charge in [0.15, 0.2) is 0 Å². The molecule has 0 saturated carbocycles. The van der Waals surface area contributed by atoms with Crippen LogP contribution in [0.3, 0.4) is 0 Å². The summed E-state index contributed by atoms with van der Waals surface area (Å²) in [5.41, 5.74) is 8.08. The molecule has 0 radical (unpaired) electrons. The van der Waals surface area contributed by atoms with Crippen molar-refractivity contribution in [3.8, 4) is 16.3 Å². The number of benzene rings is 1. The second kappa shape index (κ2) is 6.16. The molecule has 0 atom stereocenters. The lowest BCUT2D eigenvalue weighted by Gasteiger charge is -2.19. The van der Waals surface area contributed by atoms with E-state index in [9.17, 15) is 0 Å². The summed E-state index contributed by atoms with van der Waals surface area (Å²) in [6.45, 7) is 11.0. The fourth-order valence-electron chi connectivity index (χ4n) is 2.22. The Labute approximate surface area is 131 Å². The molecule has 2 aromatic rings. The molecule has 0 bridgehead atoms. The highest BCUT2D eigenvalue weighted by molar-refractivity contribution is 7.15. The third kappa shape index (κ3) is 3.44. The summed E-state index contributed by atoms with van der Waals surface area (Å²) in [5, 5.41) is 0.983. The Kier molecular flexibility index (Phi) is 4.69. The summed E-state index contributed by atoms with van der Waals surface area (Å²) in [7, 11) is 0. The van der Waals surface area contributed by atoms with Crippen LogP contribution in [0.15, 0.2) is 24.3 Å². The molecule has 2 rings (SSSR count). The number of thiazole rings is 1. The van der Waals surface area contributed by atoms with Crippen molar-refractivity contribution in [1.29, 1.82) is 0 Å². The minimum Gasteiger partial charge on any atom is -0.493 e. The summed E-state index contributed by atoms with van der Waals surface area (Å²) in [5.74, 6) is 1.23. The van der Waals surface area contributed by atoms with Crippen LogP contribution in [0.25, 0.3) is 10.6 Å². The van der Waals surface area contributed by atoms with E-state index in [0.717, 1.165) is 26.9 Å². The lowest BCUT2D eigenvalue weighted by atomic mass is 9.98. The molecule has 0 aliphatic heterocycles. The average Bonchev–Trinajstić information content (AvgIpc) is 2.85. The minimum absolute atomic E-state index is 0.354. The molecule has 0 unspecified atom stereocenters. The van der Waals surface area contributed by atoms with Crippen LogP contribution in [-0.4, -0.2) is 11.6 Å². The van der Waals surface area contributed by atoms with E-state index in [2.05, 4.69) is 19.9 Å². The summed E-state index contributed by atoms with van der Waals surface area (Å²) < 4.78 is 5.72. The average molecular weight is 304 g/mol. The monoisotopic (exact) mass is 304 g/mol. The Hall–Kier alpha value is -1.39. The third-order valence-corrected chi connectivity index (χ3v) is 4.65. The van der Waals surface area contributed by atoms with Gasteiger partial charge in [0.25, 0.3) is 0 Å². The van der Waals surface area contributed by atoms with Crippen molar-refractivity contribution in [2.24, 2.45) is 5.73 Å². The molecule has 4 heteroatoms. The van der Waals surface area contributed by atoms with E-state index in [1.165, 1.54) is 0 Å². The van der Waals surface area contributed by atoms with Gasteiger partial charge in [-0.25, -0.2) is 4.98 Å². The first-order valence-corrected chi connectivity index (χ1v) is 8.18. The van der Waals surface area contributed by atoms with Crippen LogP contribution in [-0.2, 0) is 5.54 Å². The van der Waals surface area contributed by atoms with Crippen molar-refractivity contribution in [1.82, 2.24) is 4.98 Å². The number of nitrogens with two attached hydrogens (primary N) is 1. The van der Waals surface area contributed by atoms with Gasteiger partial charge >= 0.3 is 0 Å². The third-order valence-electron chi connectivity index (χ3n) is 3.20. The Bertz CT molecular complexity index is 611. The molecule has 1 aromatic heterocycles. The Morgan fingerprint density at radius 1 is 1.29 bits per heavy atom. The van der Waals surface area contributed by atoms with Crippen LogP contribution in [0.1, 0.15) is 51.1 Å². The summed E-state index contributed by atoms with van der Waals surface area (Å²) >= 11 is 1.67. The molecule has 0 spiro atoms. The zero-order valence-corrected chi connectivity index (χ0v) is 14.3. The molecule has 114 valence electrons. The summed E-state index contributed by atoms with van der Waals surface area (Å²) in [6, 6.07) is 8.05. The highest BCUT2D eigenvalue weighted by atomic mass is 32.1. The Balaban J connectivity index is 2.56. The molecule has 1 aromatic carbocycles. The van der Waals surface area contributed by atoms with Crippen LogP contribution in [0.2, 0.25) is 0 Å². The normalized spacial score (nSPS) is 12.0. The van der Waals surface area contributed by atoms with Gasteiger partial charge in [0, 0.05) is 10.4 Å². The van der Waals surface area contributed by atoms with Crippen molar-refractivity contribution >= 4 is 11.3 Å². The van der Waals surface area contributed by atoms with Gasteiger partial charge in [-0.3, -0.25) is 0 Å². The topological polar surface area (TPSA) is 48.1 Å². The molecule has 0 fully saturated rings. The van der Waals surface area contributed by atoms with E-state index in [0.29, 0.717) is 12.5 Å². The first kappa shape index (κ1) is 16.0. The number of hydrogen-bond donors (Lipinski definition) is 1. The van der Waals surface area contributed by atoms with E-state index in [1.54, 1.807) is 11.3 Å². The minimum atomic E-state index is -0.379. The quantitative estimate of drug-likeness (QED) is 0.883. The van der Waals surface area contributed by atoms with Crippen molar-refractivity contribution in [2.45, 2.75) is 46.1 Å². The first-order chi connectivity index (χ1) is 9.84. The summed E-state index contributed by atoms with van der Waals surface area (Å²) in [6.07, 6.45) is 0. The molecule has 2 N–H and O–H groups in total. The molecule has 0 aliphatic carbocycles. The molecular formula is C17H24N2OS. The standard InChI is InChI=1S/C17H24N2OS/c1-6-20-13-10-8-7-9-12(13)16-19-14(11(2)3)15(21-16)17(4,5)18/h7-11H,6,18H2,1-5H3. The number of rotatable bonds is 5. The second-order valence-electron chi connectivity index (χ2n) is 6.04. The lowest BCUT2D eigenvalue weighted by molar-refractivity contribution is 0.341. The van der Waals surface area contributed by atoms with Gasteiger partial charge in [0.05, 0.1) is 17.9 Å². The van der Waals surface area contributed by atoms with Gasteiger partial charge in [0.2, 0.25) is 0 Å². The van der Waals surface area contributed by atoms with E-state index in [4.69, 9.17) is 15.5 Å². The molecule has 0 amide bonds. The van der Waals surface area contributed by atoms with Crippen LogP contribution in [0.5, 0.6) is 5.75 Å². The number of hydrogen-bond acceptors (Lipinski definition) is 4. The van der Waals surface area contributed by atoms with Gasteiger partial charge < -0.3 is 10.5 Å². The number of ether oxygens (including phenoxy) is 1. The van der Waals surface area contributed by atoms with Crippen LogP contribution >= 0.6 is 11.3 Å². The molecule has 0 saturated heterocycles. The van der Waals surface area contributed by atoms with Crippen molar-refractivity contribution in [3.05, 3.63) is 34.8 Å². The van der Waals surface area contributed by atoms with Crippen molar-refractivity contribution in [3.63, 3.8) is 0 Å². The Morgan fingerprint density at radius 3 is 2.48 bits per heavy atom. The molecule has 3 nitrogen and oxygen atoms in total. The fraction of sp³-hybridized carbons (Fsp3) is 0.471. The first-order valence-electron chi connectivity index (χ1n) is 7.36. The number of aromatic nitrogens is 1. The fourth-order valence-corrected chi connectivity index (χ4v) is 3.49. The highest BCUT2D eigenvalue weighted by Gasteiger charge is 2.26. The van der Waals surface area contributed by atoms with Gasteiger partial charge in [-0.15, -0.1) is 11.3 Å². The van der Waals surface area contributed by atoms with Crippen LogP contribution in [0, 0.1) is 0 Å². The molecular weight excluding hydrogens is 280 g/mol. The number of nitrogens with zero attached hydrogens (tertiary/aromatic N) is 1. The molecule has 0 aliphatic rings. The molecule has 1 heterocycles. The zero-order chi connectivity index (χ0) is 15.6. The van der Waals surface area contributed by atoms with E-state index < -0.39 is 0 Å². The second-order valence-corrected chi connectivity index (χ2v) is 7.04. The van der Waals surface area contributed by atoms with Crippen molar-refractivity contribution in [2.75, 3.05) is 6.61 Å². The van der Waals surface area contributed by atoms with Crippen LogP contribution < -0.4 is 10.5 Å². The number of para-hydroxylation sites is 1.